The van der Waals surface area contributed by atoms with E-state index in [1.165, 1.54) is 48.7 Å². The quantitative estimate of drug-likeness (QED) is 0.479. The van der Waals surface area contributed by atoms with Gasteiger partial charge in [0.25, 0.3) is 0 Å². The van der Waals surface area contributed by atoms with Crippen molar-refractivity contribution in [1.82, 2.24) is 4.57 Å². The summed E-state index contributed by atoms with van der Waals surface area (Å²) in [5.74, 6) is -1.63. The van der Waals surface area contributed by atoms with Crippen LogP contribution in [0.15, 0.2) is 83.9 Å². The number of nitrogens with one attached hydrogen (secondary N) is 1. The molecule has 158 valence electrons. The van der Waals surface area contributed by atoms with Crippen LogP contribution in [0.4, 0.5) is 14.5 Å². The molecule has 4 rings (SSSR count). The van der Waals surface area contributed by atoms with Crippen molar-refractivity contribution < 1.29 is 22.0 Å². The van der Waals surface area contributed by atoms with E-state index in [9.17, 15) is 22.0 Å². The molecule has 31 heavy (non-hydrogen) atoms. The van der Waals surface area contributed by atoms with Crippen LogP contribution in [-0.4, -0.2) is 18.9 Å². The molecule has 1 amide bonds. The minimum absolute atomic E-state index is 0.0889. The Kier molecular flexibility index (Phi) is 5.56. The minimum Gasteiger partial charge on any atom is -0.337 e. The van der Waals surface area contributed by atoms with Gasteiger partial charge in [0.2, 0.25) is 5.91 Å². The molecule has 5 nitrogen and oxygen atoms in total. The Labute approximate surface area is 177 Å². The van der Waals surface area contributed by atoms with Crippen LogP contribution in [0.3, 0.4) is 0 Å². The first-order valence-corrected chi connectivity index (χ1v) is 11.1. The number of fused-ring (bicyclic) bond motifs is 1. The van der Waals surface area contributed by atoms with Gasteiger partial charge in [0.15, 0.2) is 9.84 Å². The highest BCUT2D eigenvalue weighted by atomic mass is 32.2. The summed E-state index contributed by atoms with van der Waals surface area (Å²) in [6.45, 7) is -0.150. The van der Waals surface area contributed by atoms with E-state index in [1.807, 2.05) is 0 Å². The Morgan fingerprint density at radius 2 is 1.65 bits per heavy atom. The molecule has 1 aromatic heterocycles. The van der Waals surface area contributed by atoms with Crippen LogP contribution in [0.2, 0.25) is 0 Å². The number of sulfone groups is 1. The highest BCUT2D eigenvalue weighted by molar-refractivity contribution is 7.90. The molecule has 0 saturated heterocycles. The molecule has 1 heterocycles. The van der Waals surface area contributed by atoms with Crippen molar-refractivity contribution in [1.29, 1.82) is 0 Å². The number of anilines is 1. The fourth-order valence-electron chi connectivity index (χ4n) is 3.39. The highest BCUT2D eigenvalue weighted by Gasteiger charge is 2.22. The molecular formula is C23H18F2N2O3S. The predicted octanol–water partition coefficient (Wildman–Crippen LogP) is 4.53. The van der Waals surface area contributed by atoms with Gasteiger partial charge in [-0.3, -0.25) is 4.79 Å². The van der Waals surface area contributed by atoms with Crippen LogP contribution in [0, 0.1) is 11.6 Å². The van der Waals surface area contributed by atoms with Crippen LogP contribution in [0.5, 0.6) is 0 Å². The number of carbonyl (C=O) groups is 1. The van der Waals surface area contributed by atoms with E-state index in [2.05, 4.69) is 5.32 Å². The first-order valence-electron chi connectivity index (χ1n) is 9.42. The van der Waals surface area contributed by atoms with E-state index in [1.54, 1.807) is 34.9 Å². The van der Waals surface area contributed by atoms with Gasteiger partial charge in [-0.15, -0.1) is 0 Å². The Morgan fingerprint density at radius 1 is 0.903 bits per heavy atom. The lowest BCUT2D eigenvalue weighted by Crippen LogP contribution is -2.18. The largest absolute Gasteiger partial charge is 0.337 e. The topological polar surface area (TPSA) is 68.2 Å². The van der Waals surface area contributed by atoms with Gasteiger partial charge in [0.1, 0.15) is 18.2 Å². The summed E-state index contributed by atoms with van der Waals surface area (Å²) in [7, 11) is -3.76. The minimum atomic E-state index is -3.76. The predicted molar refractivity (Wildman–Crippen MR) is 114 cm³/mol. The lowest BCUT2D eigenvalue weighted by molar-refractivity contribution is -0.116. The number of benzene rings is 3. The summed E-state index contributed by atoms with van der Waals surface area (Å²) in [6.07, 6.45) is 1.43. The Balaban J connectivity index is 1.64. The van der Waals surface area contributed by atoms with Gasteiger partial charge in [-0.2, -0.15) is 0 Å². The molecule has 4 aromatic rings. The van der Waals surface area contributed by atoms with Gasteiger partial charge in [-0.25, -0.2) is 17.2 Å². The van der Waals surface area contributed by atoms with Crippen LogP contribution in [0.25, 0.3) is 10.9 Å². The second-order valence-electron chi connectivity index (χ2n) is 7.08. The lowest BCUT2D eigenvalue weighted by atomic mass is 10.2. The number of halogens is 2. The standard InChI is InChI=1S/C23H18F2N2O3S/c24-17-10-8-16(9-11-17)15-31(29,30)22-13-27(21-7-2-1-6-20(21)22)14-23(28)26-19-5-3-4-18(25)12-19/h1-13H,14-15H2,(H,26,28). The molecule has 0 spiro atoms. The second kappa shape index (κ2) is 8.31. The first kappa shape index (κ1) is 20.7. The third-order valence-corrected chi connectivity index (χ3v) is 6.49. The second-order valence-corrected chi connectivity index (χ2v) is 9.04. The summed E-state index contributed by atoms with van der Waals surface area (Å²) < 4.78 is 54.2. The molecule has 1 N–H and O–H groups in total. The van der Waals surface area contributed by atoms with Gasteiger partial charge in [0.05, 0.1) is 10.6 Å². The average molecular weight is 440 g/mol. The first-order chi connectivity index (χ1) is 14.8. The Hall–Kier alpha value is -3.52. The number of carbonyl (C=O) groups excluding carboxylic acids is 1. The maximum Gasteiger partial charge on any atom is 0.244 e. The molecule has 0 radical (unpaired) electrons. The number of hydrogen-bond acceptors (Lipinski definition) is 3. The van der Waals surface area contributed by atoms with Gasteiger partial charge >= 0.3 is 0 Å². The maximum absolute atomic E-state index is 13.3. The fraction of sp³-hybridized carbons (Fsp3) is 0.0870. The Morgan fingerprint density at radius 3 is 2.39 bits per heavy atom. The van der Waals surface area contributed by atoms with Crippen LogP contribution in [0.1, 0.15) is 5.56 Å². The highest BCUT2D eigenvalue weighted by Crippen LogP contribution is 2.28. The summed E-state index contributed by atoms with van der Waals surface area (Å²) in [5, 5.41) is 3.09. The smallest absolute Gasteiger partial charge is 0.244 e. The molecule has 0 aliphatic rings. The van der Waals surface area contributed by atoms with E-state index in [0.717, 1.165) is 0 Å². The van der Waals surface area contributed by atoms with E-state index in [4.69, 9.17) is 0 Å². The summed E-state index contributed by atoms with van der Waals surface area (Å²) in [6, 6.07) is 17.7. The monoisotopic (exact) mass is 440 g/mol. The number of hydrogen-bond donors (Lipinski definition) is 1. The van der Waals surface area contributed by atoms with E-state index < -0.39 is 27.4 Å². The van der Waals surface area contributed by atoms with E-state index >= 15 is 0 Å². The summed E-state index contributed by atoms with van der Waals surface area (Å²) >= 11 is 0. The molecule has 8 heteroatoms. The van der Waals surface area contributed by atoms with Crippen LogP contribution in [-0.2, 0) is 26.9 Å². The molecule has 0 bridgehead atoms. The Bertz CT molecular complexity index is 1360. The molecule has 0 fully saturated rings. The molecule has 0 atom stereocenters. The van der Waals surface area contributed by atoms with Crippen molar-refractivity contribution >= 4 is 32.3 Å². The fourth-order valence-corrected chi connectivity index (χ4v) is 4.97. The zero-order chi connectivity index (χ0) is 22.0. The average Bonchev–Trinajstić information content (AvgIpc) is 3.09. The van der Waals surface area contributed by atoms with Gasteiger partial charge < -0.3 is 9.88 Å². The molecular weight excluding hydrogens is 422 g/mol. The number of nitrogens with zero attached hydrogens (tertiary/aromatic N) is 1. The van der Waals surface area contributed by atoms with Crippen molar-refractivity contribution in [2.24, 2.45) is 0 Å². The zero-order valence-corrected chi connectivity index (χ0v) is 17.1. The van der Waals surface area contributed by atoms with Crippen molar-refractivity contribution in [3.05, 3.63) is 96.2 Å². The molecule has 0 aliphatic carbocycles. The van der Waals surface area contributed by atoms with Crippen LogP contribution < -0.4 is 5.32 Å². The normalized spacial score (nSPS) is 11.5. The van der Waals surface area contributed by atoms with Gasteiger partial charge in [-0.05, 0) is 42.0 Å². The van der Waals surface area contributed by atoms with E-state index in [0.29, 0.717) is 22.2 Å². The third-order valence-electron chi connectivity index (χ3n) is 4.78. The van der Waals surface area contributed by atoms with Crippen molar-refractivity contribution in [2.75, 3.05) is 5.32 Å². The number of amides is 1. The molecule has 0 saturated carbocycles. The lowest BCUT2D eigenvalue weighted by Gasteiger charge is -2.07. The molecule has 3 aromatic carbocycles. The maximum atomic E-state index is 13.3. The third kappa shape index (κ3) is 4.64. The zero-order valence-electron chi connectivity index (χ0n) is 16.3. The number of aromatic nitrogens is 1. The van der Waals surface area contributed by atoms with Crippen molar-refractivity contribution in [3.63, 3.8) is 0 Å². The number of para-hydroxylation sites is 1. The summed E-state index contributed by atoms with van der Waals surface area (Å²) in [4.78, 5) is 12.6. The van der Waals surface area contributed by atoms with Gasteiger partial charge in [-0.1, -0.05) is 36.4 Å². The van der Waals surface area contributed by atoms with Crippen molar-refractivity contribution in [2.45, 2.75) is 17.2 Å². The molecule has 0 unspecified atom stereocenters. The van der Waals surface area contributed by atoms with Crippen LogP contribution >= 0.6 is 0 Å². The summed E-state index contributed by atoms with van der Waals surface area (Å²) in [5.41, 5.74) is 1.35. The van der Waals surface area contributed by atoms with E-state index in [-0.39, 0.29) is 17.2 Å². The molecule has 0 aliphatic heterocycles. The van der Waals surface area contributed by atoms with Crippen molar-refractivity contribution in [3.8, 4) is 0 Å². The van der Waals surface area contributed by atoms with Gasteiger partial charge in [0, 0.05) is 22.8 Å². The SMILES string of the molecule is O=C(Cn1cc(S(=O)(=O)Cc2ccc(F)cc2)c2ccccc21)Nc1cccc(F)c1. The number of rotatable bonds is 6.